The third kappa shape index (κ3) is 3.57. The van der Waals surface area contributed by atoms with Crippen LogP contribution < -0.4 is 5.32 Å². The number of aryl methyl sites for hydroxylation is 1. The highest BCUT2D eigenvalue weighted by atomic mass is 79.9. The Hall–Kier alpha value is -1.36. The molecule has 5 heteroatoms. The number of carboxylic acids is 1. The number of carboxylic acid groups (broad SMARTS) is 1. The Morgan fingerprint density at radius 1 is 1.33 bits per heavy atom. The molecular weight excluding hydrogens is 298 g/mol. The lowest BCUT2D eigenvalue weighted by Crippen LogP contribution is -2.44. The molecule has 0 heterocycles. The van der Waals surface area contributed by atoms with Crippen LogP contribution >= 0.6 is 15.9 Å². The van der Waals surface area contributed by atoms with Crippen molar-refractivity contribution < 1.29 is 14.7 Å². The third-order valence-corrected chi connectivity index (χ3v) is 3.16. The molecule has 1 rings (SSSR count). The van der Waals surface area contributed by atoms with Crippen LogP contribution in [0, 0.1) is 12.8 Å². The molecule has 0 fully saturated rings. The van der Waals surface area contributed by atoms with Crippen LogP contribution in [0.5, 0.6) is 0 Å². The van der Waals surface area contributed by atoms with E-state index in [0.29, 0.717) is 5.56 Å². The van der Waals surface area contributed by atoms with E-state index in [1.54, 1.807) is 19.9 Å². The van der Waals surface area contributed by atoms with Crippen molar-refractivity contribution in [2.45, 2.75) is 26.8 Å². The minimum Gasteiger partial charge on any atom is -0.480 e. The first-order valence-corrected chi connectivity index (χ1v) is 6.42. The molecule has 0 radical (unpaired) electrons. The number of rotatable bonds is 4. The van der Waals surface area contributed by atoms with Gasteiger partial charge in [0.25, 0.3) is 5.91 Å². The maximum absolute atomic E-state index is 12.0. The Morgan fingerprint density at radius 2 is 1.94 bits per heavy atom. The minimum absolute atomic E-state index is 0.168. The SMILES string of the molecule is Cc1ccc(Br)cc1C(=O)NC(C(=O)O)C(C)C. The molecule has 1 unspecified atom stereocenters. The lowest BCUT2D eigenvalue weighted by molar-refractivity contribution is -0.140. The van der Waals surface area contributed by atoms with Crippen molar-refractivity contribution in [1.29, 1.82) is 0 Å². The van der Waals surface area contributed by atoms with Crippen molar-refractivity contribution in [3.8, 4) is 0 Å². The molecule has 2 N–H and O–H groups in total. The van der Waals surface area contributed by atoms with E-state index in [-0.39, 0.29) is 11.8 Å². The second-order valence-electron chi connectivity index (χ2n) is 4.49. The molecule has 0 aliphatic heterocycles. The fraction of sp³-hybridized carbons (Fsp3) is 0.385. The van der Waals surface area contributed by atoms with Crippen LogP contribution in [-0.2, 0) is 4.79 Å². The van der Waals surface area contributed by atoms with E-state index in [0.717, 1.165) is 10.0 Å². The van der Waals surface area contributed by atoms with Gasteiger partial charge in [-0.15, -0.1) is 0 Å². The van der Waals surface area contributed by atoms with Gasteiger partial charge in [-0.1, -0.05) is 35.8 Å². The molecule has 0 saturated carbocycles. The van der Waals surface area contributed by atoms with E-state index in [2.05, 4.69) is 21.2 Å². The summed E-state index contributed by atoms with van der Waals surface area (Å²) in [7, 11) is 0. The van der Waals surface area contributed by atoms with Crippen LogP contribution in [0.25, 0.3) is 0 Å². The van der Waals surface area contributed by atoms with E-state index in [9.17, 15) is 9.59 Å². The average molecular weight is 314 g/mol. The molecule has 4 nitrogen and oxygen atoms in total. The van der Waals surface area contributed by atoms with Crippen molar-refractivity contribution in [3.63, 3.8) is 0 Å². The first kappa shape index (κ1) is 14.7. The molecule has 98 valence electrons. The van der Waals surface area contributed by atoms with Gasteiger partial charge in [0.1, 0.15) is 6.04 Å². The molecule has 0 spiro atoms. The standard InChI is InChI=1S/C13H16BrNO3/c1-7(2)11(13(17)18)15-12(16)10-6-9(14)5-4-8(10)3/h4-7,11H,1-3H3,(H,15,16)(H,17,18). The van der Waals surface area contributed by atoms with Gasteiger partial charge in [0.2, 0.25) is 0 Å². The van der Waals surface area contributed by atoms with Gasteiger partial charge in [0.15, 0.2) is 0 Å². The molecule has 1 atom stereocenters. The quantitative estimate of drug-likeness (QED) is 0.898. The second-order valence-corrected chi connectivity index (χ2v) is 5.41. The van der Waals surface area contributed by atoms with Crippen molar-refractivity contribution in [3.05, 3.63) is 33.8 Å². The summed E-state index contributed by atoms with van der Waals surface area (Å²) < 4.78 is 0.787. The summed E-state index contributed by atoms with van der Waals surface area (Å²) in [6.45, 7) is 5.33. The Kier molecular flexibility index (Phi) is 4.90. The van der Waals surface area contributed by atoms with Crippen molar-refractivity contribution >= 4 is 27.8 Å². The predicted molar refractivity (Wildman–Crippen MR) is 72.6 cm³/mol. The average Bonchev–Trinajstić information content (AvgIpc) is 2.28. The Morgan fingerprint density at radius 3 is 2.44 bits per heavy atom. The van der Waals surface area contributed by atoms with E-state index < -0.39 is 12.0 Å². The topological polar surface area (TPSA) is 66.4 Å². The molecule has 1 amide bonds. The van der Waals surface area contributed by atoms with Crippen LogP contribution in [0.3, 0.4) is 0 Å². The lowest BCUT2D eigenvalue weighted by atomic mass is 10.0. The molecule has 1 aromatic rings. The number of halogens is 1. The van der Waals surface area contributed by atoms with Gasteiger partial charge in [-0.3, -0.25) is 4.79 Å². The maximum atomic E-state index is 12.0. The van der Waals surface area contributed by atoms with Gasteiger partial charge in [0, 0.05) is 10.0 Å². The van der Waals surface area contributed by atoms with Gasteiger partial charge in [-0.05, 0) is 30.5 Å². The lowest BCUT2D eigenvalue weighted by Gasteiger charge is -2.18. The number of benzene rings is 1. The monoisotopic (exact) mass is 313 g/mol. The van der Waals surface area contributed by atoms with Gasteiger partial charge in [-0.25, -0.2) is 4.79 Å². The zero-order chi connectivity index (χ0) is 13.9. The first-order chi connectivity index (χ1) is 8.32. The van der Waals surface area contributed by atoms with Crippen LogP contribution in [0.2, 0.25) is 0 Å². The van der Waals surface area contributed by atoms with Crippen LogP contribution in [-0.4, -0.2) is 23.0 Å². The van der Waals surface area contributed by atoms with E-state index in [1.807, 2.05) is 19.1 Å². The molecule has 0 saturated heterocycles. The number of amides is 1. The summed E-state index contributed by atoms with van der Waals surface area (Å²) in [5, 5.41) is 11.6. The normalized spacial score (nSPS) is 12.3. The van der Waals surface area contributed by atoms with Crippen LogP contribution in [0.1, 0.15) is 29.8 Å². The molecule has 0 aliphatic rings. The van der Waals surface area contributed by atoms with Gasteiger partial charge in [0.05, 0.1) is 0 Å². The van der Waals surface area contributed by atoms with Crippen LogP contribution in [0.15, 0.2) is 22.7 Å². The van der Waals surface area contributed by atoms with Gasteiger partial charge >= 0.3 is 5.97 Å². The van der Waals surface area contributed by atoms with E-state index >= 15 is 0 Å². The third-order valence-electron chi connectivity index (χ3n) is 2.66. The highest BCUT2D eigenvalue weighted by Crippen LogP contribution is 2.16. The Balaban J connectivity index is 2.94. The maximum Gasteiger partial charge on any atom is 0.326 e. The number of hydrogen-bond donors (Lipinski definition) is 2. The highest BCUT2D eigenvalue weighted by molar-refractivity contribution is 9.10. The summed E-state index contributed by atoms with van der Waals surface area (Å²) in [5.74, 6) is -1.56. The van der Waals surface area contributed by atoms with Gasteiger partial charge in [-0.2, -0.15) is 0 Å². The van der Waals surface area contributed by atoms with Crippen LogP contribution in [0.4, 0.5) is 0 Å². The first-order valence-electron chi connectivity index (χ1n) is 5.62. The summed E-state index contributed by atoms with van der Waals surface area (Å²) in [6.07, 6.45) is 0. The smallest absolute Gasteiger partial charge is 0.326 e. The molecule has 0 bridgehead atoms. The molecule has 0 aromatic heterocycles. The summed E-state index contributed by atoms with van der Waals surface area (Å²) in [6, 6.07) is 4.45. The Bertz CT molecular complexity index is 471. The number of hydrogen-bond acceptors (Lipinski definition) is 2. The predicted octanol–water partition coefficient (Wildman–Crippen LogP) is 2.60. The second kappa shape index (κ2) is 6.00. The van der Waals surface area contributed by atoms with E-state index in [1.165, 1.54) is 0 Å². The zero-order valence-corrected chi connectivity index (χ0v) is 12.1. The van der Waals surface area contributed by atoms with Crippen molar-refractivity contribution in [1.82, 2.24) is 5.32 Å². The zero-order valence-electron chi connectivity index (χ0n) is 10.5. The summed E-state index contributed by atoms with van der Waals surface area (Å²) >= 11 is 3.29. The van der Waals surface area contributed by atoms with E-state index in [4.69, 9.17) is 5.11 Å². The molecule has 18 heavy (non-hydrogen) atoms. The molecule has 1 aromatic carbocycles. The molecular formula is C13H16BrNO3. The number of carbonyl (C=O) groups excluding carboxylic acids is 1. The fourth-order valence-electron chi connectivity index (χ4n) is 1.57. The number of nitrogens with one attached hydrogen (secondary N) is 1. The van der Waals surface area contributed by atoms with Crippen molar-refractivity contribution in [2.75, 3.05) is 0 Å². The Labute approximate surface area is 115 Å². The largest absolute Gasteiger partial charge is 0.480 e. The fourth-order valence-corrected chi connectivity index (χ4v) is 1.93. The van der Waals surface area contributed by atoms with Gasteiger partial charge < -0.3 is 10.4 Å². The minimum atomic E-state index is -1.02. The summed E-state index contributed by atoms with van der Waals surface area (Å²) in [5.41, 5.74) is 1.29. The van der Waals surface area contributed by atoms with Crippen molar-refractivity contribution in [2.24, 2.45) is 5.92 Å². The molecule has 0 aliphatic carbocycles. The highest BCUT2D eigenvalue weighted by Gasteiger charge is 2.24. The summed E-state index contributed by atoms with van der Waals surface area (Å²) in [4.78, 5) is 23.1. The number of carbonyl (C=O) groups is 2. The number of aliphatic carboxylic acids is 1.